The number of carbonyl (C=O) groups excluding carboxylic acids is 1. The fraction of sp³-hybridized carbons (Fsp3) is 0.500. The summed E-state index contributed by atoms with van der Waals surface area (Å²) in [5, 5.41) is 13.4. The topological polar surface area (TPSA) is 113 Å². The summed E-state index contributed by atoms with van der Waals surface area (Å²) in [6.07, 6.45) is 2.54. The first-order valence-electron chi connectivity index (χ1n) is 9.96. The Labute approximate surface area is 170 Å². The molecule has 29 heavy (non-hydrogen) atoms. The van der Waals surface area contributed by atoms with Gasteiger partial charge in [-0.15, -0.1) is 0 Å². The fourth-order valence-electron chi connectivity index (χ4n) is 4.08. The van der Waals surface area contributed by atoms with E-state index in [0.29, 0.717) is 17.1 Å². The number of H-pyrrole nitrogens is 1. The fourth-order valence-corrected chi connectivity index (χ4v) is 5.64. The molecule has 8 nitrogen and oxygen atoms in total. The molecule has 0 bridgehead atoms. The van der Waals surface area contributed by atoms with Crippen molar-refractivity contribution in [1.82, 2.24) is 15.5 Å². The van der Waals surface area contributed by atoms with Crippen LogP contribution in [0.25, 0.3) is 0 Å². The number of ether oxygens (including phenoxy) is 1. The Hall–Kier alpha value is -2.55. The first-order chi connectivity index (χ1) is 13.8. The number of sulfone groups is 1. The molecule has 1 aromatic heterocycles. The van der Waals surface area contributed by atoms with Crippen molar-refractivity contribution in [3.8, 4) is 0 Å². The Balaban J connectivity index is 1.40. The van der Waals surface area contributed by atoms with E-state index in [0.717, 1.165) is 36.2 Å². The van der Waals surface area contributed by atoms with Crippen LogP contribution in [0.2, 0.25) is 0 Å². The molecule has 2 heterocycles. The molecular weight excluding hydrogens is 392 g/mol. The Morgan fingerprint density at radius 2 is 2.14 bits per heavy atom. The number of aromatic amines is 1. The normalized spacial score (nSPS) is 22.4. The molecule has 1 fully saturated rings. The highest BCUT2D eigenvalue weighted by atomic mass is 32.2. The Morgan fingerprint density at radius 3 is 2.93 bits per heavy atom. The van der Waals surface area contributed by atoms with Gasteiger partial charge in [-0.3, -0.25) is 5.10 Å². The summed E-state index contributed by atoms with van der Waals surface area (Å²) < 4.78 is 29.7. The van der Waals surface area contributed by atoms with Crippen LogP contribution in [0, 0.1) is 0 Å². The SMILES string of the molecule is CC(C)NC(=O)O[C@@H]1CC[C@H](c2cc(Nc3cccc4c3CCS4(=O)=O)n[nH]2)C1. The quantitative estimate of drug-likeness (QED) is 0.687. The van der Waals surface area contributed by atoms with Gasteiger partial charge in [-0.1, -0.05) is 6.07 Å². The number of benzene rings is 1. The summed E-state index contributed by atoms with van der Waals surface area (Å²) in [4.78, 5) is 12.2. The summed E-state index contributed by atoms with van der Waals surface area (Å²) in [7, 11) is -3.17. The van der Waals surface area contributed by atoms with Gasteiger partial charge in [0.25, 0.3) is 0 Å². The zero-order chi connectivity index (χ0) is 20.6. The second kappa shape index (κ2) is 7.70. The Morgan fingerprint density at radius 1 is 1.31 bits per heavy atom. The van der Waals surface area contributed by atoms with Crippen LogP contribution < -0.4 is 10.6 Å². The van der Waals surface area contributed by atoms with Gasteiger partial charge in [0.2, 0.25) is 0 Å². The van der Waals surface area contributed by atoms with Crippen LogP contribution in [0.5, 0.6) is 0 Å². The van der Waals surface area contributed by atoms with Crippen molar-refractivity contribution in [2.24, 2.45) is 0 Å². The third-order valence-corrected chi connectivity index (χ3v) is 7.25. The van der Waals surface area contributed by atoms with E-state index in [4.69, 9.17) is 4.74 Å². The highest BCUT2D eigenvalue weighted by Crippen LogP contribution is 2.37. The van der Waals surface area contributed by atoms with Crippen molar-refractivity contribution >= 4 is 27.4 Å². The number of fused-ring (bicyclic) bond motifs is 1. The van der Waals surface area contributed by atoms with Crippen molar-refractivity contribution in [1.29, 1.82) is 0 Å². The number of nitrogens with one attached hydrogen (secondary N) is 3. The van der Waals surface area contributed by atoms with Gasteiger partial charge in [0.05, 0.1) is 10.6 Å². The molecule has 2 aliphatic rings. The molecule has 2 atom stereocenters. The average molecular weight is 419 g/mol. The van der Waals surface area contributed by atoms with Crippen LogP contribution >= 0.6 is 0 Å². The molecule has 1 aliphatic heterocycles. The molecule has 0 spiro atoms. The average Bonchev–Trinajstić information content (AvgIpc) is 3.35. The lowest BCUT2D eigenvalue weighted by Crippen LogP contribution is -2.33. The minimum atomic E-state index is -3.17. The summed E-state index contributed by atoms with van der Waals surface area (Å²) in [6.45, 7) is 3.80. The molecule has 0 radical (unpaired) electrons. The highest BCUT2D eigenvalue weighted by molar-refractivity contribution is 7.91. The number of anilines is 2. The third kappa shape index (κ3) is 4.24. The van der Waals surface area contributed by atoms with Crippen LogP contribution in [0.4, 0.5) is 16.3 Å². The standard InChI is InChI=1S/C20H26N4O4S/c1-12(2)21-20(25)28-14-7-6-13(10-14)17-11-19(24-23-17)22-16-4-3-5-18-15(16)8-9-29(18,26)27/h3-5,11-14H,6-10H2,1-2H3,(H,21,25)(H2,22,23,24)/t13-,14+/m0/s1. The van der Waals surface area contributed by atoms with Crippen LogP contribution in [0.1, 0.15) is 50.3 Å². The second-order valence-electron chi connectivity index (χ2n) is 8.02. The number of rotatable bonds is 5. The van der Waals surface area contributed by atoms with E-state index in [1.807, 2.05) is 26.0 Å². The van der Waals surface area contributed by atoms with E-state index in [2.05, 4.69) is 20.8 Å². The van der Waals surface area contributed by atoms with Gasteiger partial charge in [-0.05, 0) is 57.2 Å². The predicted molar refractivity (Wildman–Crippen MR) is 109 cm³/mol. The number of hydrogen-bond acceptors (Lipinski definition) is 6. The lowest BCUT2D eigenvalue weighted by molar-refractivity contribution is 0.0981. The molecule has 1 aromatic carbocycles. The number of aromatic nitrogens is 2. The Bertz CT molecular complexity index is 1020. The van der Waals surface area contributed by atoms with Gasteiger partial charge in [-0.2, -0.15) is 5.10 Å². The smallest absolute Gasteiger partial charge is 0.407 e. The van der Waals surface area contributed by atoms with Crippen molar-refractivity contribution in [3.05, 3.63) is 35.5 Å². The summed E-state index contributed by atoms with van der Waals surface area (Å²) >= 11 is 0. The van der Waals surface area contributed by atoms with Gasteiger partial charge in [0.15, 0.2) is 15.7 Å². The lowest BCUT2D eigenvalue weighted by Gasteiger charge is -2.14. The summed E-state index contributed by atoms with van der Waals surface area (Å²) in [5.41, 5.74) is 2.59. The maximum absolute atomic E-state index is 12.1. The van der Waals surface area contributed by atoms with E-state index >= 15 is 0 Å². The molecule has 9 heteroatoms. The lowest BCUT2D eigenvalue weighted by atomic mass is 10.0. The van der Waals surface area contributed by atoms with Gasteiger partial charge >= 0.3 is 6.09 Å². The van der Waals surface area contributed by atoms with E-state index in [1.54, 1.807) is 12.1 Å². The molecule has 1 aliphatic carbocycles. The van der Waals surface area contributed by atoms with Crippen LogP contribution in [0.15, 0.2) is 29.2 Å². The van der Waals surface area contributed by atoms with Gasteiger partial charge in [0, 0.05) is 29.4 Å². The summed E-state index contributed by atoms with van der Waals surface area (Å²) in [5.74, 6) is 1.05. The zero-order valence-corrected chi connectivity index (χ0v) is 17.4. The number of hydrogen-bond donors (Lipinski definition) is 3. The van der Waals surface area contributed by atoms with E-state index in [9.17, 15) is 13.2 Å². The number of carbonyl (C=O) groups is 1. The monoisotopic (exact) mass is 418 g/mol. The van der Waals surface area contributed by atoms with Crippen LogP contribution in [0.3, 0.4) is 0 Å². The van der Waals surface area contributed by atoms with Crippen molar-refractivity contribution in [2.75, 3.05) is 11.1 Å². The van der Waals surface area contributed by atoms with Crippen LogP contribution in [-0.4, -0.2) is 42.6 Å². The molecular formula is C20H26N4O4S. The predicted octanol–water partition coefficient (Wildman–Crippen LogP) is 3.25. The van der Waals surface area contributed by atoms with E-state index < -0.39 is 9.84 Å². The first-order valence-corrected chi connectivity index (χ1v) is 11.6. The molecule has 2 aromatic rings. The van der Waals surface area contributed by atoms with Gasteiger partial charge in [0.1, 0.15) is 6.10 Å². The van der Waals surface area contributed by atoms with Gasteiger partial charge in [-0.25, -0.2) is 13.2 Å². The molecule has 0 unspecified atom stereocenters. The maximum atomic E-state index is 12.1. The maximum Gasteiger partial charge on any atom is 0.407 e. The molecule has 4 rings (SSSR count). The third-order valence-electron chi connectivity index (χ3n) is 5.45. The van der Waals surface area contributed by atoms with Crippen molar-refractivity contribution < 1.29 is 17.9 Å². The van der Waals surface area contributed by atoms with E-state index in [-0.39, 0.29) is 29.9 Å². The molecule has 1 amide bonds. The molecule has 3 N–H and O–H groups in total. The molecule has 0 saturated heterocycles. The van der Waals surface area contributed by atoms with Crippen LogP contribution in [-0.2, 0) is 21.0 Å². The molecule has 1 saturated carbocycles. The number of alkyl carbamates (subject to hydrolysis) is 1. The summed E-state index contributed by atoms with van der Waals surface area (Å²) in [6, 6.07) is 7.28. The number of nitrogens with zero attached hydrogens (tertiary/aromatic N) is 1. The zero-order valence-electron chi connectivity index (χ0n) is 16.6. The van der Waals surface area contributed by atoms with Gasteiger partial charge < -0.3 is 15.4 Å². The number of amides is 1. The van der Waals surface area contributed by atoms with E-state index in [1.165, 1.54) is 0 Å². The minimum Gasteiger partial charge on any atom is -0.446 e. The first kappa shape index (κ1) is 19.8. The molecule has 156 valence electrons. The second-order valence-corrected chi connectivity index (χ2v) is 10.1. The van der Waals surface area contributed by atoms with Crippen molar-refractivity contribution in [2.45, 2.75) is 62.5 Å². The minimum absolute atomic E-state index is 0.0513. The largest absolute Gasteiger partial charge is 0.446 e. The highest BCUT2D eigenvalue weighted by Gasteiger charge is 2.31. The Kier molecular flexibility index (Phi) is 5.24. The van der Waals surface area contributed by atoms with Crippen molar-refractivity contribution in [3.63, 3.8) is 0 Å².